The van der Waals surface area contributed by atoms with E-state index in [0.29, 0.717) is 13.1 Å². The Morgan fingerprint density at radius 1 is 1.32 bits per heavy atom. The van der Waals surface area contributed by atoms with Crippen molar-refractivity contribution in [1.29, 1.82) is 0 Å². The minimum Gasteiger partial charge on any atom is -0.354 e. The number of aromatic nitrogens is 4. The number of amides is 1. The molecule has 0 unspecified atom stereocenters. The fourth-order valence-electron chi connectivity index (χ4n) is 1.93. The molecule has 1 saturated carbocycles. The highest BCUT2D eigenvalue weighted by Gasteiger charge is 2.29. The number of nitrogens with one attached hydrogen (secondary N) is 1. The number of hydrogen-bond acceptors (Lipinski definition) is 4. The maximum absolute atomic E-state index is 11.5. The van der Waals surface area contributed by atoms with Crippen LogP contribution in [-0.2, 0) is 11.3 Å². The predicted molar refractivity (Wildman–Crippen MR) is 69.0 cm³/mol. The lowest BCUT2D eigenvalue weighted by atomic mass is 10.4. The largest absolute Gasteiger partial charge is 0.354 e. The van der Waals surface area contributed by atoms with Gasteiger partial charge in [0.25, 0.3) is 0 Å². The monoisotopic (exact) mass is 257 g/mol. The Morgan fingerprint density at radius 2 is 2.21 bits per heavy atom. The molecule has 0 bridgehead atoms. The summed E-state index contributed by atoms with van der Waals surface area (Å²) in [4.78, 5) is 24.1. The number of imidazole rings is 1. The number of hydrogen-bond donors (Lipinski definition) is 1. The first-order chi connectivity index (χ1) is 9.34. The summed E-state index contributed by atoms with van der Waals surface area (Å²) >= 11 is 0. The van der Waals surface area contributed by atoms with Gasteiger partial charge in [-0.05, 0) is 12.8 Å². The molecule has 0 saturated heterocycles. The maximum atomic E-state index is 11.5. The van der Waals surface area contributed by atoms with Gasteiger partial charge in [-0.15, -0.1) is 0 Å². The Bertz CT molecular complexity index is 561. The molecule has 2 aromatic rings. The number of carbonyl (C=O) groups excluding carboxylic acids is 1. The lowest BCUT2D eigenvalue weighted by molar-refractivity contribution is -0.122. The average molecular weight is 257 g/mol. The molecule has 0 atom stereocenters. The first-order valence-electron chi connectivity index (χ1n) is 6.40. The molecular weight excluding hydrogens is 242 g/mol. The quantitative estimate of drug-likeness (QED) is 0.862. The minimum atomic E-state index is 0.168. The van der Waals surface area contributed by atoms with Gasteiger partial charge in [-0.2, -0.15) is 0 Å². The maximum Gasteiger partial charge on any atom is 0.223 e. The first kappa shape index (κ1) is 11.8. The zero-order valence-electron chi connectivity index (χ0n) is 10.5. The number of rotatable bonds is 5. The van der Waals surface area contributed by atoms with E-state index in [0.717, 1.165) is 24.4 Å². The second-order valence-electron chi connectivity index (χ2n) is 4.60. The van der Waals surface area contributed by atoms with Crippen molar-refractivity contribution >= 4 is 5.91 Å². The number of carbonyl (C=O) groups is 1. The molecule has 6 nitrogen and oxygen atoms in total. The van der Waals surface area contributed by atoms with E-state index in [2.05, 4.69) is 20.3 Å². The molecule has 0 aliphatic heterocycles. The van der Waals surface area contributed by atoms with Gasteiger partial charge in [-0.1, -0.05) is 0 Å². The predicted octanol–water partition coefficient (Wildman–Crippen LogP) is 0.866. The molecule has 2 heterocycles. The van der Waals surface area contributed by atoms with Gasteiger partial charge >= 0.3 is 0 Å². The molecule has 3 rings (SSSR count). The fraction of sp³-hybridized carbons (Fsp3) is 0.385. The van der Waals surface area contributed by atoms with Crippen LogP contribution < -0.4 is 5.32 Å². The van der Waals surface area contributed by atoms with Crippen LogP contribution in [-0.4, -0.2) is 32.0 Å². The fourth-order valence-corrected chi connectivity index (χ4v) is 1.93. The Balaban J connectivity index is 1.62. The summed E-state index contributed by atoms with van der Waals surface area (Å²) in [5.74, 6) is 1.19. The standard InChI is InChI=1S/C13H15N5O/c19-13(10-1-2-10)17-6-8-18-7-5-16-12(18)11-9-14-3-4-15-11/h3-5,7,9-10H,1-2,6,8H2,(H,17,19). The highest BCUT2D eigenvalue weighted by Crippen LogP contribution is 2.28. The smallest absolute Gasteiger partial charge is 0.223 e. The van der Waals surface area contributed by atoms with E-state index in [1.807, 2.05) is 10.8 Å². The Morgan fingerprint density at radius 3 is 2.95 bits per heavy atom. The van der Waals surface area contributed by atoms with E-state index in [4.69, 9.17) is 0 Å². The van der Waals surface area contributed by atoms with Gasteiger partial charge in [0, 0.05) is 43.8 Å². The Hall–Kier alpha value is -2.24. The van der Waals surface area contributed by atoms with Crippen LogP contribution in [0.15, 0.2) is 31.0 Å². The highest BCUT2D eigenvalue weighted by molar-refractivity contribution is 5.80. The van der Waals surface area contributed by atoms with Crippen LogP contribution in [0.3, 0.4) is 0 Å². The van der Waals surface area contributed by atoms with Crippen LogP contribution in [0, 0.1) is 5.92 Å². The van der Waals surface area contributed by atoms with Crippen molar-refractivity contribution in [3.05, 3.63) is 31.0 Å². The average Bonchev–Trinajstić information content (AvgIpc) is 3.20. The molecule has 0 radical (unpaired) electrons. The first-order valence-corrected chi connectivity index (χ1v) is 6.40. The van der Waals surface area contributed by atoms with Gasteiger partial charge in [0.2, 0.25) is 5.91 Å². The molecule has 1 aliphatic carbocycles. The molecule has 19 heavy (non-hydrogen) atoms. The molecule has 1 N–H and O–H groups in total. The summed E-state index contributed by atoms with van der Waals surface area (Å²) in [6, 6.07) is 0. The highest BCUT2D eigenvalue weighted by atomic mass is 16.2. The third-order valence-corrected chi connectivity index (χ3v) is 3.11. The van der Waals surface area contributed by atoms with Crippen molar-refractivity contribution in [3.8, 4) is 11.5 Å². The number of nitrogens with zero attached hydrogens (tertiary/aromatic N) is 4. The van der Waals surface area contributed by atoms with Crippen LogP contribution >= 0.6 is 0 Å². The van der Waals surface area contributed by atoms with Crippen molar-refractivity contribution in [2.45, 2.75) is 19.4 Å². The van der Waals surface area contributed by atoms with Gasteiger partial charge in [-0.25, -0.2) is 9.97 Å². The normalized spacial score (nSPS) is 14.3. The summed E-state index contributed by atoms with van der Waals surface area (Å²) in [5, 5.41) is 2.94. The van der Waals surface area contributed by atoms with Crippen LogP contribution in [0.4, 0.5) is 0 Å². The second-order valence-corrected chi connectivity index (χ2v) is 4.60. The van der Waals surface area contributed by atoms with Crippen molar-refractivity contribution < 1.29 is 4.79 Å². The van der Waals surface area contributed by atoms with Gasteiger partial charge < -0.3 is 9.88 Å². The molecule has 0 aromatic carbocycles. The summed E-state index contributed by atoms with van der Waals surface area (Å²) in [6.45, 7) is 1.29. The molecule has 1 fully saturated rings. The van der Waals surface area contributed by atoms with Crippen LogP contribution in [0.1, 0.15) is 12.8 Å². The van der Waals surface area contributed by atoms with Crippen molar-refractivity contribution in [2.75, 3.05) is 6.54 Å². The lowest BCUT2D eigenvalue weighted by Gasteiger charge is -2.08. The van der Waals surface area contributed by atoms with Gasteiger partial charge in [0.1, 0.15) is 5.69 Å². The Labute approximate surface area is 110 Å². The van der Waals surface area contributed by atoms with E-state index in [1.165, 1.54) is 0 Å². The molecule has 1 amide bonds. The zero-order valence-corrected chi connectivity index (χ0v) is 10.5. The van der Waals surface area contributed by atoms with Crippen LogP contribution in [0.2, 0.25) is 0 Å². The summed E-state index contributed by atoms with van der Waals surface area (Å²) in [7, 11) is 0. The van der Waals surface area contributed by atoms with Crippen molar-refractivity contribution in [1.82, 2.24) is 24.8 Å². The van der Waals surface area contributed by atoms with Crippen molar-refractivity contribution in [2.24, 2.45) is 5.92 Å². The zero-order chi connectivity index (χ0) is 13.1. The van der Waals surface area contributed by atoms with Crippen LogP contribution in [0.25, 0.3) is 11.5 Å². The Kier molecular flexibility index (Phi) is 3.22. The van der Waals surface area contributed by atoms with E-state index in [9.17, 15) is 4.79 Å². The van der Waals surface area contributed by atoms with E-state index in [1.54, 1.807) is 24.8 Å². The van der Waals surface area contributed by atoms with Gasteiger partial charge in [-0.3, -0.25) is 9.78 Å². The van der Waals surface area contributed by atoms with Gasteiger partial charge in [0.15, 0.2) is 5.82 Å². The van der Waals surface area contributed by atoms with Gasteiger partial charge in [0.05, 0.1) is 6.20 Å². The minimum absolute atomic E-state index is 0.168. The van der Waals surface area contributed by atoms with Crippen molar-refractivity contribution in [3.63, 3.8) is 0 Å². The molecule has 2 aromatic heterocycles. The molecule has 6 heteroatoms. The molecule has 98 valence electrons. The molecule has 1 aliphatic rings. The second kappa shape index (κ2) is 5.17. The van der Waals surface area contributed by atoms with E-state index >= 15 is 0 Å². The lowest BCUT2D eigenvalue weighted by Crippen LogP contribution is -2.28. The molecule has 0 spiro atoms. The summed E-state index contributed by atoms with van der Waals surface area (Å²) in [6.07, 6.45) is 10.6. The third kappa shape index (κ3) is 2.78. The molecular formula is C13H15N5O. The van der Waals surface area contributed by atoms with E-state index in [-0.39, 0.29) is 11.8 Å². The summed E-state index contributed by atoms with van der Waals surface area (Å²) < 4.78 is 1.97. The van der Waals surface area contributed by atoms with Crippen LogP contribution in [0.5, 0.6) is 0 Å². The topological polar surface area (TPSA) is 72.7 Å². The third-order valence-electron chi connectivity index (χ3n) is 3.11. The summed E-state index contributed by atoms with van der Waals surface area (Å²) in [5.41, 5.74) is 0.737. The SMILES string of the molecule is O=C(NCCn1ccnc1-c1cnccn1)C1CC1. The van der Waals surface area contributed by atoms with E-state index < -0.39 is 0 Å².